The number of benzene rings is 2. The van der Waals surface area contributed by atoms with Crippen LogP contribution in [0.25, 0.3) is 11.3 Å². The van der Waals surface area contributed by atoms with Gasteiger partial charge in [-0.25, -0.2) is 8.42 Å². The van der Waals surface area contributed by atoms with Crippen LogP contribution in [0.4, 0.5) is 32.0 Å². The minimum absolute atomic E-state index is 0.0182. The van der Waals surface area contributed by atoms with Crippen LogP contribution in [0.5, 0.6) is 5.75 Å². The summed E-state index contributed by atoms with van der Waals surface area (Å²) >= 11 is 0. The van der Waals surface area contributed by atoms with Gasteiger partial charge in [-0.3, -0.25) is 9.29 Å². The first kappa shape index (κ1) is 22.9. The zero-order valence-electron chi connectivity index (χ0n) is 16.5. The lowest BCUT2D eigenvalue weighted by Crippen LogP contribution is -2.38. The maximum Gasteiger partial charge on any atom is 0.416 e. The molecule has 1 aliphatic rings. The maximum absolute atomic E-state index is 13.2. The first-order valence-electron chi connectivity index (χ1n) is 9.38. The topological polar surface area (TPSA) is 59.5 Å². The SMILES string of the molecule is O=S(=O)(c1cccc(C(F)(F)F)c1)N1CCOc2ccc(-c3cc(C(F)(F)F)ccn3)cc21. The molecule has 3 aromatic rings. The molecule has 12 heteroatoms. The molecule has 0 amide bonds. The number of pyridine rings is 1. The van der Waals surface area contributed by atoms with Gasteiger partial charge in [-0.15, -0.1) is 0 Å². The molecule has 0 bridgehead atoms. The lowest BCUT2D eigenvalue weighted by molar-refractivity contribution is -0.138. The fraction of sp³-hybridized carbons (Fsp3) is 0.190. The van der Waals surface area contributed by atoms with Crippen LogP contribution in [0.2, 0.25) is 0 Å². The molecule has 0 spiro atoms. The summed E-state index contributed by atoms with van der Waals surface area (Å²) in [6.07, 6.45) is -8.37. The quantitative estimate of drug-likeness (QED) is 0.465. The van der Waals surface area contributed by atoms with E-state index >= 15 is 0 Å². The third-order valence-corrected chi connectivity index (χ3v) is 6.72. The van der Waals surface area contributed by atoms with E-state index in [1.165, 1.54) is 18.2 Å². The van der Waals surface area contributed by atoms with Gasteiger partial charge in [0.1, 0.15) is 12.4 Å². The van der Waals surface area contributed by atoms with Gasteiger partial charge in [0.2, 0.25) is 0 Å². The Morgan fingerprint density at radius 3 is 2.27 bits per heavy atom. The number of hydrogen-bond donors (Lipinski definition) is 0. The summed E-state index contributed by atoms with van der Waals surface area (Å²) in [5, 5.41) is 0. The summed E-state index contributed by atoms with van der Waals surface area (Å²) in [5.74, 6) is 0.118. The van der Waals surface area contributed by atoms with Gasteiger partial charge < -0.3 is 4.74 Å². The van der Waals surface area contributed by atoms with Crippen LogP contribution in [-0.2, 0) is 22.4 Å². The molecule has 2 heterocycles. The van der Waals surface area contributed by atoms with Crippen molar-refractivity contribution in [2.24, 2.45) is 0 Å². The third kappa shape index (κ3) is 4.47. The summed E-state index contributed by atoms with van der Waals surface area (Å²) in [5.41, 5.74) is -1.96. The smallest absolute Gasteiger partial charge is 0.416 e. The van der Waals surface area contributed by atoms with Crippen LogP contribution in [0.15, 0.2) is 65.7 Å². The molecule has 2 aromatic carbocycles. The maximum atomic E-state index is 13.2. The van der Waals surface area contributed by atoms with Crippen molar-refractivity contribution in [3.63, 3.8) is 0 Å². The normalized spacial score (nSPS) is 14.5. The van der Waals surface area contributed by atoms with Crippen molar-refractivity contribution in [1.82, 2.24) is 4.98 Å². The summed E-state index contributed by atoms with van der Waals surface area (Å²) in [6, 6.07) is 9.00. The minimum atomic E-state index is -4.74. The van der Waals surface area contributed by atoms with Crippen LogP contribution in [0.3, 0.4) is 0 Å². The van der Waals surface area contributed by atoms with Crippen LogP contribution in [0, 0.1) is 0 Å². The number of ether oxygens (including phenoxy) is 1. The fourth-order valence-corrected chi connectivity index (χ4v) is 4.82. The molecule has 0 aliphatic carbocycles. The lowest BCUT2D eigenvalue weighted by Gasteiger charge is -2.31. The first-order valence-corrected chi connectivity index (χ1v) is 10.8. The Balaban J connectivity index is 1.78. The second-order valence-electron chi connectivity index (χ2n) is 7.06. The molecule has 0 saturated carbocycles. The van der Waals surface area contributed by atoms with E-state index in [-0.39, 0.29) is 35.8 Å². The van der Waals surface area contributed by atoms with Crippen molar-refractivity contribution in [3.8, 4) is 17.0 Å². The number of anilines is 1. The van der Waals surface area contributed by atoms with E-state index in [1.54, 1.807) is 0 Å². The average molecular weight is 488 g/mol. The van der Waals surface area contributed by atoms with Gasteiger partial charge in [-0.1, -0.05) is 6.07 Å². The van der Waals surface area contributed by atoms with Crippen molar-refractivity contribution >= 4 is 15.7 Å². The predicted octanol–water partition coefficient (Wildman–Crippen LogP) is 5.37. The Labute approximate surface area is 184 Å². The Morgan fingerprint density at radius 1 is 0.879 bits per heavy atom. The van der Waals surface area contributed by atoms with Gasteiger partial charge >= 0.3 is 12.4 Å². The number of hydrogen-bond acceptors (Lipinski definition) is 4. The zero-order chi connectivity index (χ0) is 24.0. The Bertz CT molecular complexity index is 1310. The lowest BCUT2D eigenvalue weighted by atomic mass is 10.1. The van der Waals surface area contributed by atoms with E-state index in [1.807, 2.05) is 0 Å². The van der Waals surface area contributed by atoms with Crippen molar-refractivity contribution in [2.75, 3.05) is 17.5 Å². The summed E-state index contributed by atoms with van der Waals surface area (Å²) in [4.78, 5) is 3.35. The number of nitrogens with zero attached hydrogens (tertiary/aromatic N) is 2. The minimum Gasteiger partial charge on any atom is -0.489 e. The molecule has 33 heavy (non-hydrogen) atoms. The van der Waals surface area contributed by atoms with E-state index in [9.17, 15) is 34.8 Å². The van der Waals surface area contributed by atoms with E-state index in [0.29, 0.717) is 6.07 Å². The molecule has 1 aromatic heterocycles. The van der Waals surface area contributed by atoms with Gasteiger partial charge in [0, 0.05) is 11.8 Å². The predicted molar refractivity (Wildman–Crippen MR) is 106 cm³/mol. The Hall–Kier alpha value is -3.28. The van der Waals surface area contributed by atoms with Crippen LogP contribution in [0.1, 0.15) is 11.1 Å². The molecule has 0 N–H and O–H groups in total. The van der Waals surface area contributed by atoms with Crippen molar-refractivity contribution in [3.05, 3.63) is 71.9 Å². The molecule has 0 fully saturated rings. The first-order chi connectivity index (χ1) is 15.4. The second kappa shape index (κ2) is 7.94. The zero-order valence-corrected chi connectivity index (χ0v) is 17.3. The molecule has 174 valence electrons. The fourth-order valence-electron chi connectivity index (χ4n) is 3.33. The number of rotatable bonds is 3. The van der Waals surface area contributed by atoms with Gasteiger partial charge in [0.25, 0.3) is 10.0 Å². The molecular weight excluding hydrogens is 474 g/mol. The largest absolute Gasteiger partial charge is 0.489 e. The van der Waals surface area contributed by atoms with Crippen molar-refractivity contribution < 1.29 is 39.5 Å². The average Bonchev–Trinajstić information content (AvgIpc) is 2.77. The Kier molecular flexibility index (Phi) is 5.51. The van der Waals surface area contributed by atoms with Crippen LogP contribution >= 0.6 is 0 Å². The number of aromatic nitrogens is 1. The van der Waals surface area contributed by atoms with Crippen LogP contribution in [-0.4, -0.2) is 26.6 Å². The highest BCUT2D eigenvalue weighted by molar-refractivity contribution is 7.92. The molecule has 0 unspecified atom stereocenters. The number of sulfonamides is 1. The molecule has 0 radical (unpaired) electrons. The number of halogens is 6. The van der Waals surface area contributed by atoms with E-state index < -0.39 is 38.4 Å². The highest BCUT2D eigenvalue weighted by Crippen LogP contribution is 2.40. The molecule has 4 rings (SSSR count). The standard InChI is InChI=1S/C21H14F6N2O3S/c22-20(23,24)14-2-1-3-16(11-14)33(30,31)29-8-9-32-19-5-4-13(10-18(19)29)17-12-15(6-7-28-17)21(25,26)27/h1-7,10-12H,8-9H2. The molecule has 0 saturated heterocycles. The highest BCUT2D eigenvalue weighted by Gasteiger charge is 2.35. The van der Waals surface area contributed by atoms with E-state index in [2.05, 4.69) is 4.98 Å². The molecule has 5 nitrogen and oxygen atoms in total. The Morgan fingerprint density at radius 2 is 1.58 bits per heavy atom. The summed E-state index contributed by atoms with van der Waals surface area (Å²) in [6.45, 7) is -0.266. The number of alkyl halides is 6. The molecular formula is C21H14F6N2O3S. The summed E-state index contributed by atoms with van der Waals surface area (Å²) in [7, 11) is -4.44. The van der Waals surface area contributed by atoms with E-state index in [4.69, 9.17) is 4.74 Å². The summed E-state index contributed by atoms with van der Waals surface area (Å²) < 4.78 is 111. The van der Waals surface area contributed by atoms with Crippen LogP contribution < -0.4 is 9.04 Å². The molecule has 1 aliphatic heterocycles. The van der Waals surface area contributed by atoms with Gasteiger partial charge in [0.15, 0.2) is 0 Å². The van der Waals surface area contributed by atoms with Crippen molar-refractivity contribution in [1.29, 1.82) is 0 Å². The highest BCUT2D eigenvalue weighted by atomic mass is 32.2. The van der Waals surface area contributed by atoms with E-state index in [0.717, 1.165) is 40.8 Å². The monoisotopic (exact) mass is 488 g/mol. The van der Waals surface area contributed by atoms with Crippen molar-refractivity contribution in [2.45, 2.75) is 17.2 Å². The molecule has 0 atom stereocenters. The van der Waals surface area contributed by atoms with Gasteiger partial charge in [-0.05, 0) is 48.5 Å². The second-order valence-corrected chi connectivity index (χ2v) is 8.92. The van der Waals surface area contributed by atoms with Gasteiger partial charge in [-0.2, -0.15) is 26.3 Å². The number of fused-ring (bicyclic) bond motifs is 1. The third-order valence-electron chi connectivity index (χ3n) is 4.91. The van der Waals surface area contributed by atoms with Gasteiger partial charge in [0.05, 0.1) is 33.9 Å².